The van der Waals surface area contributed by atoms with Gasteiger partial charge in [0.05, 0.1) is 4.90 Å². The fourth-order valence-electron chi connectivity index (χ4n) is 3.49. The number of piperidine rings is 1. The van der Waals surface area contributed by atoms with Crippen molar-refractivity contribution in [2.24, 2.45) is 0 Å². The van der Waals surface area contributed by atoms with E-state index in [2.05, 4.69) is 0 Å². The molecular weight excluding hydrogens is 396 g/mol. The van der Waals surface area contributed by atoms with E-state index in [0.29, 0.717) is 23.7 Å². The van der Waals surface area contributed by atoms with Crippen molar-refractivity contribution in [2.45, 2.75) is 43.7 Å². The molecule has 1 atom stereocenters. The zero-order valence-electron chi connectivity index (χ0n) is 16.1. The van der Waals surface area contributed by atoms with Crippen LogP contribution >= 0.6 is 11.6 Å². The Morgan fingerprint density at radius 2 is 1.75 bits per heavy atom. The molecule has 150 valence electrons. The van der Waals surface area contributed by atoms with Crippen LogP contribution < -0.4 is 0 Å². The van der Waals surface area contributed by atoms with E-state index in [1.807, 2.05) is 19.1 Å². The first kappa shape index (κ1) is 20.8. The molecular formula is C21H25ClN2O3S. The monoisotopic (exact) mass is 420 g/mol. The standard InChI is InChI=1S/C21H25ClN2O3S/c1-16-5-3-4-14-24(16)28(26,27)20-12-8-18(9-13-20)21(25)23(2)15-17-6-10-19(22)11-7-17/h6-13,16H,3-5,14-15H2,1-2H3. The van der Waals surface area contributed by atoms with Gasteiger partial charge in [-0.3, -0.25) is 4.79 Å². The summed E-state index contributed by atoms with van der Waals surface area (Å²) in [4.78, 5) is 14.5. The van der Waals surface area contributed by atoms with E-state index in [1.54, 1.807) is 40.5 Å². The van der Waals surface area contributed by atoms with Crippen molar-refractivity contribution >= 4 is 27.5 Å². The largest absolute Gasteiger partial charge is 0.337 e. The highest BCUT2D eigenvalue weighted by Gasteiger charge is 2.31. The summed E-state index contributed by atoms with van der Waals surface area (Å²) in [5.41, 5.74) is 1.43. The van der Waals surface area contributed by atoms with Crippen LogP contribution in [0.4, 0.5) is 0 Å². The Labute approximate surface area is 172 Å². The Hall–Kier alpha value is -1.89. The summed E-state index contributed by atoms with van der Waals surface area (Å²) < 4.78 is 27.4. The molecule has 0 aromatic heterocycles. The van der Waals surface area contributed by atoms with E-state index in [9.17, 15) is 13.2 Å². The van der Waals surface area contributed by atoms with Gasteiger partial charge in [0.1, 0.15) is 0 Å². The highest BCUT2D eigenvalue weighted by Crippen LogP contribution is 2.25. The zero-order chi connectivity index (χ0) is 20.3. The SMILES string of the molecule is CC1CCCCN1S(=O)(=O)c1ccc(C(=O)N(C)Cc2ccc(Cl)cc2)cc1. The summed E-state index contributed by atoms with van der Waals surface area (Å²) in [6.07, 6.45) is 2.82. The number of benzene rings is 2. The fourth-order valence-corrected chi connectivity index (χ4v) is 5.32. The van der Waals surface area contributed by atoms with Crippen molar-refractivity contribution in [2.75, 3.05) is 13.6 Å². The second-order valence-electron chi connectivity index (χ2n) is 7.27. The van der Waals surface area contributed by atoms with Gasteiger partial charge in [-0.25, -0.2) is 8.42 Å². The van der Waals surface area contributed by atoms with Gasteiger partial charge in [-0.1, -0.05) is 30.2 Å². The second-order valence-corrected chi connectivity index (χ2v) is 9.60. The molecule has 0 bridgehead atoms. The number of carbonyl (C=O) groups excluding carboxylic acids is 1. The third kappa shape index (κ3) is 4.57. The molecule has 5 nitrogen and oxygen atoms in total. The molecule has 1 saturated heterocycles. The Kier molecular flexibility index (Phi) is 6.43. The first-order chi connectivity index (χ1) is 13.3. The summed E-state index contributed by atoms with van der Waals surface area (Å²) in [5.74, 6) is -0.162. The van der Waals surface area contributed by atoms with Gasteiger partial charge < -0.3 is 4.90 Å². The minimum Gasteiger partial charge on any atom is -0.337 e. The summed E-state index contributed by atoms with van der Waals surface area (Å²) in [5, 5.41) is 0.651. The maximum atomic E-state index is 12.9. The summed E-state index contributed by atoms with van der Waals surface area (Å²) >= 11 is 5.89. The molecule has 0 spiro atoms. The first-order valence-corrected chi connectivity index (χ1v) is 11.2. The molecule has 3 rings (SSSR count). The molecule has 1 unspecified atom stereocenters. The lowest BCUT2D eigenvalue weighted by Gasteiger charge is -2.32. The average Bonchev–Trinajstić information content (AvgIpc) is 2.69. The van der Waals surface area contributed by atoms with Gasteiger partial charge in [-0.15, -0.1) is 0 Å². The number of amides is 1. The first-order valence-electron chi connectivity index (χ1n) is 9.41. The van der Waals surface area contributed by atoms with Gasteiger partial charge in [0.2, 0.25) is 10.0 Å². The quantitative estimate of drug-likeness (QED) is 0.729. The highest BCUT2D eigenvalue weighted by atomic mass is 35.5. The van der Waals surface area contributed by atoms with Crippen LogP contribution in [0.5, 0.6) is 0 Å². The van der Waals surface area contributed by atoms with Crippen LogP contribution in [-0.4, -0.2) is 43.2 Å². The Bertz CT molecular complexity index is 927. The van der Waals surface area contributed by atoms with Crippen molar-refractivity contribution in [3.63, 3.8) is 0 Å². The van der Waals surface area contributed by atoms with E-state index in [-0.39, 0.29) is 16.8 Å². The highest BCUT2D eigenvalue weighted by molar-refractivity contribution is 7.89. The number of halogens is 1. The van der Waals surface area contributed by atoms with Crippen molar-refractivity contribution in [1.82, 2.24) is 9.21 Å². The molecule has 0 saturated carbocycles. The molecule has 2 aromatic rings. The number of carbonyl (C=O) groups is 1. The van der Waals surface area contributed by atoms with Gasteiger partial charge in [-0.2, -0.15) is 4.31 Å². The molecule has 0 aliphatic carbocycles. The minimum atomic E-state index is -3.53. The normalized spacial score (nSPS) is 18.0. The third-order valence-electron chi connectivity index (χ3n) is 5.13. The maximum Gasteiger partial charge on any atom is 0.253 e. The van der Waals surface area contributed by atoms with Gasteiger partial charge >= 0.3 is 0 Å². The average molecular weight is 421 g/mol. The van der Waals surface area contributed by atoms with Crippen molar-refractivity contribution in [1.29, 1.82) is 0 Å². The van der Waals surface area contributed by atoms with E-state index in [0.717, 1.165) is 24.8 Å². The fraction of sp³-hybridized carbons (Fsp3) is 0.381. The van der Waals surface area contributed by atoms with Crippen LogP contribution in [0.15, 0.2) is 53.4 Å². The van der Waals surface area contributed by atoms with E-state index in [4.69, 9.17) is 11.6 Å². The van der Waals surface area contributed by atoms with Crippen molar-refractivity contribution in [3.8, 4) is 0 Å². The molecule has 0 N–H and O–H groups in total. The van der Waals surface area contributed by atoms with Gasteiger partial charge in [0, 0.05) is 36.8 Å². The van der Waals surface area contributed by atoms with Crippen LogP contribution in [0.1, 0.15) is 42.1 Å². The van der Waals surface area contributed by atoms with Gasteiger partial charge in [0.25, 0.3) is 5.91 Å². The van der Waals surface area contributed by atoms with Crippen LogP contribution in [0.2, 0.25) is 5.02 Å². The molecule has 1 amide bonds. The van der Waals surface area contributed by atoms with Crippen LogP contribution in [0.25, 0.3) is 0 Å². The van der Waals surface area contributed by atoms with E-state index < -0.39 is 10.0 Å². The summed E-state index contributed by atoms with van der Waals surface area (Å²) in [7, 11) is -1.81. The number of hydrogen-bond acceptors (Lipinski definition) is 3. The predicted molar refractivity (Wildman–Crippen MR) is 111 cm³/mol. The number of hydrogen-bond donors (Lipinski definition) is 0. The lowest BCUT2D eigenvalue weighted by molar-refractivity contribution is 0.0785. The lowest BCUT2D eigenvalue weighted by Crippen LogP contribution is -2.41. The number of nitrogens with zero attached hydrogens (tertiary/aromatic N) is 2. The Balaban J connectivity index is 1.72. The molecule has 2 aromatic carbocycles. The van der Waals surface area contributed by atoms with E-state index in [1.165, 1.54) is 12.1 Å². The second kappa shape index (κ2) is 8.64. The minimum absolute atomic E-state index is 0.00516. The van der Waals surface area contributed by atoms with Crippen molar-refractivity contribution < 1.29 is 13.2 Å². The molecule has 7 heteroatoms. The zero-order valence-corrected chi connectivity index (χ0v) is 17.7. The Morgan fingerprint density at radius 3 is 2.36 bits per heavy atom. The van der Waals surface area contributed by atoms with Crippen LogP contribution in [0, 0.1) is 0 Å². The molecule has 1 aliphatic rings. The lowest BCUT2D eigenvalue weighted by atomic mass is 10.1. The maximum absolute atomic E-state index is 12.9. The van der Waals surface area contributed by atoms with Crippen molar-refractivity contribution in [3.05, 3.63) is 64.7 Å². The van der Waals surface area contributed by atoms with Gasteiger partial charge in [-0.05, 0) is 61.7 Å². The van der Waals surface area contributed by atoms with Gasteiger partial charge in [0.15, 0.2) is 0 Å². The predicted octanol–water partition coefficient (Wildman–Crippen LogP) is 4.18. The number of rotatable bonds is 5. The smallest absolute Gasteiger partial charge is 0.253 e. The molecule has 0 radical (unpaired) electrons. The molecule has 1 fully saturated rings. The number of sulfonamides is 1. The van der Waals surface area contributed by atoms with Crippen LogP contribution in [-0.2, 0) is 16.6 Å². The van der Waals surface area contributed by atoms with Crippen LogP contribution in [0.3, 0.4) is 0 Å². The molecule has 28 heavy (non-hydrogen) atoms. The summed E-state index contributed by atoms with van der Waals surface area (Å²) in [6.45, 7) is 2.94. The summed E-state index contributed by atoms with van der Waals surface area (Å²) in [6, 6.07) is 13.6. The third-order valence-corrected chi connectivity index (χ3v) is 7.41. The topological polar surface area (TPSA) is 57.7 Å². The Morgan fingerprint density at radius 1 is 1.11 bits per heavy atom. The molecule has 1 heterocycles. The molecule has 1 aliphatic heterocycles. The van der Waals surface area contributed by atoms with E-state index >= 15 is 0 Å².